The van der Waals surface area contributed by atoms with E-state index in [0.29, 0.717) is 32.9 Å². The summed E-state index contributed by atoms with van der Waals surface area (Å²) in [6.45, 7) is 12.8. The Balaban J connectivity index is 0.00000480. The van der Waals surface area contributed by atoms with E-state index in [1.807, 2.05) is 13.0 Å². The van der Waals surface area contributed by atoms with E-state index in [1.165, 1.54) is 0 Å². The first-order valence-corrected chi connectivity index (χ1v) is 10.9. The van der Waals surface area contributed by atoms with Crippen LogP contribution in [0.25, 0.3) is 0 Å². The van der Waals surface area contributed by atoms with Gasteiger partial charge in [0.05, 0.1) is 32.1 Å². The summed E-state index contributed by atoms with van der Waals surface area (Å²) < 4.78 is 16.4. The zero-order valence-electron chi connectivity index (χ0n) is 19.2. The van der Waals surface area contributed by atoms with Crippen molar-refractivity contribution in [2.45, 2.75) is 60.2 Å². The zero-order chi connectivity index (χ0) is 21.6. The predicted molar refractivity (Wildman–Crippen MR) is 135 cm³/mol. The van der Waals surface area contributed by atoms with Gasteiger partial charge in [-0.2, -0.15) is 0 Å². The van der Waals surface area contributed by atoms with Crippen molar-refractivity contribution in [1.29, 1.82) is 0 Å². The van der Waals surface area contributed by atoms with E-state index in [1.54, 1.807) is 0 Å². The highest BCUT2D eigenvalue weighted by Gasteiger charge is 2.13. The first kappa shape index (κ1) is 27.4. The second-order valence-electron chi connectivity index (χ2n) is 6.86. The highest BCUT2D eigenvalue weighted by Crippen LogP contribution is 2.15. The molecule has 0 bridgehead atoms. The predicted octanol–water partition coefficient (Wildman–Crippen LogP) is 4.23. The molecule has 0 fully saturated rings. The molecular formula is C23H37IN4O3. The van der Waals surface area contributed by atoms with Crippen molar-refractivity contribution >= 4 is 29.9 Å². The first-order chi connectivity index (χ1) is 14.7. The van der Waals surface area contributed by atoms with Gasteiger partial charge in [0.15, 0.2) is 5.96 Å². The Labute approximate surface area is 203 Å². The van der Waals surface area contributed by atoms with Crippen LogP contribution in [0.1, 0.15) is 55.8 Å². The molecule has 0 aliphatic rings. The number of hydrogen-bond acceptors (Lipinski definition) is 5. The lowest BCUT2D eigenvalue weighted by molar-refractivity contribution is 0.0453. The second-order valence-corrected chi connectivity index (χ2v) is 6.86. The minimum Gasteiger partial charge on any atom is -0.379 e. The second kappa shape index (κ2) is 16.0. The Morgan fingerprint density at radius 3 is 2.52 bits per heavy atom. The molecule has 2 rings (SSSR count). The molecule has 0 saturated heterocycles. The van der Waals surface area contributed by atoms with Crippen LogP contribution in [-0.2, 0) is 42.0 Å². The van der Waals surface area contributed by atoms with Crippen LogP contribution in [0.3, 0.4) is 0 Å². The number of rotatable bonds is 13. The van der Waals surface area contributed by atoms with E-state index in [0.717, 1.165) is 60.1 Å². The SMILES string of the molecule is CCNC(=NCc1cccc(COCCOCC)c1)NCc1c(CC)noc1CC.I. The molecule has 2 N–H and O–H groups in total. The van der Waals surface area contributed by atoms with E-state index in [4.69, 9.17) is 19.0 Å². The molecule has 31 heavy (non-hydrogen) atoms. The van der Waals surface area contributed by atoms with Gasteiger partial charge in [0.1, 0.15) is 5.76 Å². The number of hydrogen-bond donors (Lipinski definition) is 2. The molecule has 0 aliphatic heterocycles. The molecule has 0 radical (unpaired) electrons. The van der Waals surface area contributed by atoms with E-state index in [-0.39, 0.29) is 24.0 Å². The molecule has 1 heterocycles. The number of aliphatic imine (C=N–C) groups is 1. The maximum absolute atomic E-state index is 5.66. The zero-order valence-corrected chi connectivity index (χ0v) is 21.5. The summed E-state index contributed by atoms with van der Waals surface area (Å²) in [5.74, 6) is 1.72. The summed E-state index contributed by atoms with van der Waals surface area (Å²) >= 11 is 0. The average molecular weight is 544 g/mol. The van der Waals surface area contributed by atoms with Crippen molar-refractivity contribution in [3.8, 4) is 0 Å². The van der Waals surface area contributed by atoms with Gasteiger partial charge in [0.2, 0.25) is 0 Å². The van der Waals surface area contributed by atoms with Crippen LogP contribution in [0, 0.1) is 0 Å². The molecule has 0 atom stereocenters. The smallest absolute Gasteiger partial charge is 0.191 e. The number of aromatic nitrogens is 1. The number of aryl methyl sites for hydroxylation is 2. The largest absolute Gasteiger partial charge is 0.379 e. The van der Waals surface area contributed by atoms with Crippen LogP contribution in [0.15, 0.2) is 33.8 Å². The number of benzene rings is 1. The van der Waals surface area contributed by atoms with Gasteiger partial charge in [0, 0.05) is 31.7 Å². The van der Waals surface area contributed by atoms with Gasteiger partial charge in [-0.15, -0.1) is 24.0 Å². The molecule has 1 aromatic heterocycles. The van der Waals surface area contributed by atoms with Gasteiger partial charge in [-0.05, 0) is 31.4 Å². The Morgan fingerprint density at radius 1 is 1.03 bits per heavy atom. The average Bonchev–Trinajstić information content (AvgIpc) is 3.18. The minimum atomic E-state index is 0. The van der Waals surface area contributed by atoms with E-state index in [9.17, 15) is 0 Å². The van der Waals surface area contributed by atoms with Crippen LogP contribution in [0.2, 0.25) is 0 Å². The molecule has 8 heteroatoms. The van der Waals surface area contributed by atoms with E-state index < -0.39 is 0 Å². The highest BCUT2D eigenvalue weighted by atomic mass is 127. The third-order valence-electron chi connectivity index (χ3n) is 4.64. The van der Waals surface area contributed by atoms with Gasteiger partial charge in [0.25, 0.3) is 0 Å². The molecule has 0 unspecified atom stereocenters. The maximum Gasteiger partial charge on any atom is 0.191 e. The summed E-state index contributed by atoms with van der Waals surface area (Å²) in [7, 11) is 0. The molecule has 2 aromatic rings. The molecule has 0 amide bonds. The number of ether oxygens (including phenoxy) is 2. The molecular weight excluding hydrogens is 507 g/mol. The summed E-state index contributed by atoms with van der Waals surface area (Å²) in [5.41, 5.74) is 4.43. The van der Waals surface area contributed by atoms with Crippen molar-refractivity contribution in [2.24, 2.45) is 4.99 Å². The van der Waals surface area contributed by atoms with Crippen LogP contribution in [-0.4, -0.2) is 37.5 Å². The van der Waals surface area contributed by atoms with Crippen LogP contribution in [0.5, 0.6) is 0 Å². The summed E-state index contributed by atoms with van der Waals surface area (Å²) in [4.78, 5) is 4.74. The van der Waals surface area contributed by atoms with Crippen molar-refractivity contribution < 1.29 is 14.0 Å². The van der Waals surface area contributed by atoms with Gasteiger partial charge in [-0.3, -0.25) is 0 Å². The first-order valence-electron chi connectivity index (χ1n) is 10.9. The summed E-state index contributed by atoms with van der Waals surface area (Å²) in [6.07, 6.45) is 1.69. The minimum absolute atomic E-state index is 0. The number of nitrogens with one attached hydrogen (secondary N) is 2. The standard InChI is InChI=1S/C23H36N4O3.HI/c1-5-21-20(22(6-2)30-27-21)16-26-23(24-7-3)25-15-18-10-9-11-19(14-18)17-29-13-12-28-8-4;/h9-11,14H,5-8,12-13,15-17H2,1-4H3,(H2,24,25,26);1H. The van der Waals surface area contributed by atoms with E-state index >= 15 is 0 Å². The normalized spacial score (nSPS) is 11.3. The molecule has 7 nitrogen and oxygen atoms in total. The van der Waals surface area contributed by atoms with Crippen molar-refractivity contribution in [2.75, 3.05) is 26.4 Å². The molecule has 0 aliphatic carbocycles. The van der Waals surface area contributed by atoms with Gasteiger partial charge >= 0.3 is 0 Å². The topological polar surface area (TPSA) is 80.9 Å². The van der Waals surface area contributed by atoms with Crippen molar-refractivity contribution in [3.63, 3.8) is 0 Å². The highest BCUT2D eigenvalue weighted by molar-refractivity contribution is 14.0. The lowest BCUT2D eigenvalue weighted by atomic mass is 10.1. The Hall–Kier alpha value is -1.65. The fourth-order valence-corrected chi connectivity index (χ4v) is 3.09. The number of guanidine groups is 1. The quantitative estimate of drug-likeness (QED) is 0.170. The van der Waals surface area contributed by atoms with Crippen molar-refractivity contribution in [3.05, 3.63) is 52.4 Å². The van der Waals surface area contributed by atoms with Gasteiger partial charge < -0.3 is 24.6 Å². The monoisotopic (exact) mass is 544 g/mol. The number of halogens is 1. The van der Waals surface area contributed by atoms with Gasteiger partial charge in [-0.25, -0.2) is 4.99 Å². The van der Waals surface area contributed by atoms with Crippen LogP contribution >= 0.6 is 24.0 Å². The Morgan fingerprint density at radius 2 is 1.81 bits per heavy atom. The Kier molecular flexibility index (Phi) is 14.2. The summed E-state index contributed by atoms with van der Waals surface area (Å²) in [6, 6.07) is 8.34. The molecule has 0 spiro atoms. The molecule has 174 valence electrons. The fourth-order valence-electron chi connectivity index (χ4n) is 3.09. The van der Waals surface area contributed by atoms with E-state index in [2.05, 4.69) is 54.8 Å². The van der Waals surface area contributed by atoms with Gasteiger partial charge in [-0.1, -0.05) is 43.3 Å². The third-order valence-corrected chi connectivity index (χ3v) is 4.64. The van der Waals surface area contributed by atoms with Crippen LogP contribution < -0.4 is 10.6 Å². The Bertz CT molecular complexity index is 758. The molecule has 0 saturated carbocycles. The number of nitrogens with zero attached hydrogens (tertiary/aromatic N) is 2. The summed E-state index contributed by atoms with van der Waals surface area (Å²) in [5, 5.41) is 10.9. The third kappa shape index (κ3) is 9.57. The molecule has 1 aromatic carbocycles. The lowest BCUT2D eigenvalue weighted by Gasteiger charge is -2.12. The maximum atomic E-state index is 5.66. The fraction of sp³-hybridized carbons (Fsp3) is 0.565. The van der Waals surface area contributed by atoms with Crippen molar-refractivity contribution in [1.82, 2.24) is 15.8 Å². The lowest BCUT2D eigenvalue weighted by Crippen LogP contribution is -2.37. The van der Waals surface area contributed by atoms with Crippen LogP contribution in [0.4, 0.5) is 0 Å².